The molecule has 3 rings (SSSR count). The highest BCUT2D eigenvalue weighted by Crippen LogP contribution is 2.42. The van der Waals surface area contributed by atoms with E-state index < -0.39 is 47.3 Å². The molecule has 0 amide bonds. The minimum absolute atomic E-state index is 0.230. The van der Waals surface area contributed by atoms with Crippen LogP contribution in [0.1, 0.15) is 17.2 Å². The van der Waals surface area contributed by atoms with Crippen molar-refractivity contribution in [2.75, 3.05) is 34.3 Å². The lowest BCUT2D eigenvalue weighted by Crippen LogP contribution is -2.36. The molecule has 1 aliphatic heterocycles. The second kappa shape index (κ2) is 10.7. The van der Waals surface area contributed by atoms with E-state index in [9.17, 15) is 27.4 Å². The van der Waals surface area contributed by atoms with Crippen LogP contribution in [0.25, 0.3) is 21.2 Å². The number of fused-ring (bicyclic) bond motifs is 1. The summed E-state index contributed by atoms with van der Waals surface area (Å²) in [7, 11) is 6.16. The zero-order valence-electron chi connectivity index (χ0n) is 18.9. The average Bonchev–Trinajstić information content (AvgIpc) is 3.10. The summed E-state index contributed by atoms with van der Waals surface area (Å²) in [6.45, 7) is 9.93. The number of hydrogen-bond acceptors (Lipinski definition) is 3. The van der Waals surface area contributed by atoms with Gasteiger partial charge in [-0.15, -0.1) is 0 Å². The number of aliphatic hydroxyl groups excluding tert-OH is 1. The molecule has 34 heavy (non-hydrogen) atoms. The van der Waals surface area contributed by atoms with Gasteiger partial charge in [-0.1, -0.05) is 0 Å². The highest BCUT2D eigenvalue weighted by atomic mass is 19.3. The van der Waals surface area contributed by atoms with Crippen LogP contribution in [0.15, 0.2) is 34.1 Å². The minimum atomic E-state index is -3.34. The highest BCUT2D eigenvalue weighted by Gasteiger charge is 2.39. The molecular formula is C22H23F5N6O. The van der Waals surface area contributed by atoms with E-state index in [4.69, 9.17) is 11.7 Å². The highest BCUT2D eigenvalue weighted by molar-refractivity contribution is 6.12. The number of aryl methyl sites for hydroxylation is 1. The molecule has 0 fully saturated rings. The predicted octanol–water partition coefficient (Wildman–Crippen LogP) is 4.06. The number of aliphatic imine (C=N–C) groups is 1. The molecule has 1 aromatic heterocycles. The first kappa shape index (κ1) is 26.9. The molecule has 0 aliphatic carbocycles. The molecular weight excluding hydrogens is 459 g/mol. The van der Waals surface area contributed by atoms with Crippen LogP contribution in [-0.4, -0.2) is 78.5 Å². The Morgan fingerprint density at radius 3 is 2.32 bits per heavy atom. The van der Waals surface area contributed by atoms with E-state index in [1.807, 2.05) is 0 Å². The van der Waals surface area contributed by atoms with Gasteiger partial charge in [0.15, 0.2) is 0 Å². The summed E-state index contributed by atoms with van der Waals surface area (Å²) >= 11 is 0. The number of aliphatic hydroxyl groups is 1. The van der Waals surface area contributed by atoms with Crippen LogP contribution in [0.4, 0.5) is 22.0 Å². The monoisotopic (exact) mass is 482 g/mol. The van der Waals surface area contributed by atoms with Gasteiger partial charge < -0.3 is 15.0 Å². The molecule has 0 radical (unpaired) electrons. The van der Waals surface area contributed by atoms with Gasteiger partial charge in [-0.3, -0.25) is 16.0 Å². The fourth-order valence-corrected chi connectivity index (χ4v) is 3.25. The molecule has 0 bridgehead atoms. The molecule has 1 atom stereocenters. The summed E-state index contributed by atoms with van der Waals surface area (Å²) in [5.41, 5.74) is -3.47. The maximum atomic E-state index is 14.7. The third-order valence-electron chi connectivity index (χ3n) is 4.94. The second-order valence-corrected chi connectivity index (χ2v) is 8.42. The van der Waals surface area contributed by atoms with Crippen LogP contribution < -0.4 is 0 Å². The summed E-state index contributed by atoms with van der Waals surface area (Å²) < 4.78 is 68.8. The molecule has 1 aromatic carbocycles. The molecule has 2 aromatic rings. The number of nitrogens with zero attached hydrogens (tertiary/aromatic N) is 5. The Morgan fingerprint density at radius 1 is 1.24 bits per heavy atom. The number of benzene rings is 1. The summed E-state index contributed by atoms with van der Waals surface area (Å²) in [6, 6.07) is 2.20. The van der Waals surface area contributed by atoms with Crippen LogP contribution in [0, 0.1) is 19.3 Å². The normalized spacial score (nSPS) is 16.4. The lowest BCUT2D eigenvalue weighted by atomic mass is 9.82. The third kappa shape index (κ3) is 5.75. The Morgan fingerprint density at radius 2 is 1.88 bits per heavy atom. The van der Waals surface area contributed by atoms with Crippen molar-refractivity contribution >= 4 is 22.5 Å². The smallest absolute Gasteiger partial charge is 0.281 e. The number of hydrogen-bond donors (Lipinski definition) is 2. The molecule has 7 nitrogen and oxygen atoms in total. The fraction of sp³-hybridized carbons (Fsp3) is 0.409. The van der Waals surface area contributed by atoms with Crippen molar-refractivity contribution < 1.29 is 31.5 Å². The van der Waals surface area contributed by atoms with Gasteiger partial charge in [0.2, 0.25) is 5.70 Å². The van der Waals surface area contributed by atoms with Gasteiger partial charge in [0.05, 0.1) is 45.8 Å². The molecule has 182 valence electrons. The van der Waals surface area contributed by atoms with E-state index in [1.54, 1.807) is 6.92 Å². The third-order valence-corrected chi connectivity index (χ3v) is 4.94. The lowest BCUT2D eigenvalue weighted by Gasteiger charge is -2.27. The molecule has 0 saturated carbocycles. The Balaban J connectivity index is 0.000000509. The number of allylic oxidation sites excluding steroid dienone is 2. The van der Waals surface area contributed by atoms with E-state index in [0.717, 1.165) is 17.1 Å². The fourth-order valence-electron chi connectivity index (χ4n) is 3.25. The zero-order chi connectivity index (χ0) is 25.8. The van der Waals surface area contributed by atoms with Crippen molar-refractivity contribution in [1.29, 1.82) is 0 Å². The van der Waals surface area contributed by atoms with E-state index in [1.165, 1.54) is 11.9 Å². The number of nitrogens with one attached hydrogen (secondary N) is 1. The van der Waals surface area contributed by atoms with Crippen molar-refractivity contribution in [2.45, 2.75) is 25.7 Å². The average molecular weight is 482 g/mol. The van der Waals surface area contributed by atoms with Crippen molar-refractivity contribution in [3.05, 3.63) is 63.0 Å². The van der Waals surface area contributed by atoms with E-state index >= 15 is 0 Å². The maximum Gasteiger partial charge on any atom is 0.281 e. The number of quaternary nitrogens is 1. The molecule has 12 heteroatoms. The number of H-pyrrole nitrogens is 1. The molecule has 2 N–H and O–H groups in total. The largest absolute Gasteiger partial charge is 0.763 e. The molecule has 1 aliphatic rings. The van der Waals surface area contributed by atoms with Crippen LogP contribution in [0.2, 0.25) is 0 Å². The Kier molecular flexibility index (Phi) is 8.45. The summed E-state index contributed by atoms with van der Waals surface area (Å²) in [5.74, 6) is -1.19. The first-order valence-electron chi connectivity index (χ1n) is 9.95. The lowest BCUT2D eigenvalue weighted by molar-refractivity contribution is -0.870. The van der Waals surface area contributed by atoms with Gasteiger partial charge in [-0.2, -0.15) is 5.10 Å². The first-order valence-corrected chi connectivity index (χ1v) is 9.95. The molecule has 2 heterocycles. The molecule has 0 saturated heterocycles. The number of aromatic nitrogens is 2. The topological polar surface area (TPSA) is 87.9 Å². The SMILES string of the molecule is C[N+](C)(C)CCO.[C-]#[N+]C1=C(C(F)F)N=C(C(F)F)C(=C=[N-])C1c1cc2c(C)[nH]nc2cc1F. The molecule has 0 spiro atoms. The number of rotatable bonds is 5. The number of halogens is 5. The van der Waals surface area contributed by atoms with Crippen molar-refractivity contribution in [3.63, 3.8) is 0 Å². The predicted molar refractivity (Wildman–Crippen MR) is 118 cm³/mol. The number of alkyl halides is 4. The first-order chi connectivity index (χ1) is 15.9. The van der Waals surface area contributed by atoms with E-state index in [2.05, 4.69) is 41.2 Å². The number of aromatic amines is 1. The van der Waals surface area contributed by atoms with Crippen LogP contribution in [0.5, 0.6) is 0 Å². The van der Waals surface area contributed by atoms with Gasteiger partial charge in [0.25, 0.3) is 12.9 Å². The second-order valence-electron chi connectivity index (χ2n) is 8.42. The molecule has 1 unspecified atom stereocenters. The van der Waals surface area contributed by atoms with Gasteiger partial charge in [-0.05, 0) is 24.1 Å². The standard InChI is InChI=1S/C17H9F5N5.C5H14NO/c1-6-7-3-8(10(18)4-11(7)27-26-6)12-9(5-23)13(16(19)20)25-15(17(21)22)14(12)24-2;1-6(2,3)4-5-7/h3-4,12,16-17H,1H3,(H,26,27);7H,4-5H2,1-3H3/q-1;+1. The number of likely N-dealkylation sites (N-methyl/N-ethyl adjacent to an activating group) is 1. The van der Waals surface area contributed by atoms with Crippen LogP contribution in [-0.2, 0) is 0 Å². The van der Waals surface area contributed by atoms with Gasteiger partial charge in [0.1, 0.15) is 23.8 Å². The maximum absolute atomic E-state index is 14.7. The minimum Gasteiger partial charge on any atom is -0.763 e. The Bertz CT molecular complexity index is 1210. The van der Waals surface area contributed by atoms with Crippen molar-refractivity contribution in [2.24, 2.45) is 4.99 Å². The zero-order valence-corrected chi connectivity index (χ0v) is 18.9. The van der Waals surface area contributed by atoms with Gasteiger partial charge >= 0.3 is 0 Å². The Labute approximate surface area is 192 Å². The van der Waals surface area contributed by atoms with Crippen LogP contribution >= 0.6 is 0 Å². The van der Waals surface area contributed by atoms with E-state index in [-0.39, 0.29) is 17.7 Å². The van der Waals surface area contributed by atoms with Gasteiger partial charge in [-0.25, -0.2) is 26.8 Å². The van der Waals surface area contributed by atoms with Crippen LogP contribution in [0.3, 0.4) is 0 Å². The Hall–Kier alpha value is -3.39. The van der Waals surface area contributed by atoms with Gasteiger partial charge in [0, 0.05) is 17.1 Å². The van der Waals surface area contributed by atoms with E-state index in [0.29, 0.717) is 11.1 Å². The summed E-state index contributed by atoms with van der Waals surface area (Å²) in [6.07, 6.45) is -6.68. The van der Waals surface area contributed by atoms with Crippen molar-refractivity contribution in [3.8, 4) is 0 Å². The quantitative estimate of drug-likeness (QED) is 0.291. The van der Waals surface area contributed by atoms with Crippen molar-refractivity contribution in [1.82, 2.24) is 10.2 Å². The summed E-state index contributed by atoms with van der Waals surface area (Å²) in [4.78, 5) is 6.11. The summed E-state index contributed by atoms with van der Waals surface area (Å²) in [5, 5.41) is 24.6.